The van der Waals surface area contributed by atoms with Crippen LogP contribution in [0.15, 0.2) is 41.7 Å². The van der Waals surface area contributed by atoms with Crippen LogP contribution in [0.1, 0.15) is 0 Å². The lowest BCUT2D eigenvalue weighted by molar-refractivity contribution is 0.602. The molecule has 0 fully saturated rings. The maximum absolute atomic E-state index is 11.6. The number of fused-ring (bicyclic) bond motifs is 1. The Kier molecular flexibility index (Phi) is 2.79. The maximum Gasteiger partial charge on any atom is 0.181 e. The van der Waals surface area contributed by atoms with Crippen LogP contribution in [0.5, 0.6) is 0 Å². The Bertz CT molecular complexity index is 900. The molecule has 7 heteroatoms. The molecule has 0 bridgehead atoms. The minimum absolute atomic E-state index is 0.250. The fraction of sp³-hybridized carbons (Fsp3) is 0.154. The predicted octanol–water partition coefficient (Wildman–Crippen LogP) is 1.43. The van der Waals surface area contributed by atoms with Gasteiger partial charge in [-0.15, -0.1) is 0 Å². The van der Waals surface area contributed by atoms with E-state index in [1.54, 1.807) is 36.8 Å². The van der Waals surface area contributed by atoms with Gasteiger partial charge in [0, 0.05) is 18.9 Å². The Morgan fingerprint density at radius 2 is 2.00 bits per heavy atom. The smallest absolute Gasteiger partial charge is 0.181 e. The third-order valence-corrected chi connectivity index (χ3v) is 4.11. The van der Waals surface area contributed by atoms with Crippen LogP contribution in [0.4, 0.5) is 0 Å². The van der Waals surface area contributed by atoms with Crippen molar-refractivity contribution < 1.29 is 8.42 Å². The summed E-state index contributed by atoms with van der Waals surface area (Å²) in [6, 6.07) is 6.58. The van der Waals surface area contributed by atoms with E-state index in [0.29, 0.717) is 17.0 Å². The quantitative estimate of drug-likeness (QED) is 0.713. The van der Waals surface area contributed by atoms with Crippen molar-refractivity contribution in [2.75, 3.05) is 6.26 Å². The van der Waals surface area contributed by atoms with Gasteiger partial charge in [-0.25, -0.2) is 23.4 Å². The molecule has 0 aliphatic rings. The molecular weight excluding hydrogens is 276 g/mol. The van der Waals surface area contributed by atoms with Crippen LogP contribution in [-0.2, 0) is 16.9 Å². The van der Waals surface area contributed by atoms with Gasteiger partial charge in [0.2, 0.25) is 0 Å². The summed E-state index contributed by atoms with van der Waals surface area (Å²) in [6.07, 6.45) is 4.52. The van der Waals surface area contributed by atoms with Crippen molar-refractivity contribution in [1.82, 2.24) is 19.5 Å². The number of aromatic nitrogens is 4. The number of benzene rings is 1. The van der Waals surface area contributed by atoms with Crippen LogP contribution < -0.4 is 0 Å². The monoisotopic (exact) mass is 288 g/mol. The molecule has 102 valence electrons. The van der Waals surface area contributed by atoms with Crippen LogP contribution in [0.3, 0.4) is 0 Å². The lowest BCUT2D eigenvalue weighted by Crippen LogP contribution is -1.98. The molecule has 0 amide bonds. The van der Waals surface area contributed by atoms with Crippen molar-refractivity contribution in [3.8, 4) is 11.4 Å². The molecule has 0 saturated carbocycles. The van der Waals surface area contributed by atoms with Gasteiger partial charge in [0.15, 0.2) is 21.3 Å². The Hall–Kier alpha value is -2.28. The molecule has 0 aliphatic heterocycles. The molecule has 0 unspecified atom stereocenters. The van der Waals surface area contributed by atoms with E-state index in [1.165, 1.54) is 6.26 Å². The molecule has 20 heavy (non-hydrogen) atoms. The van der Waals surface area contributed by atoms with Crippen molar-refractivity contribution in [3.05, 3.63) is 36.8 Å². The number of imidazole rings is 1. The molecule has 0 aliphatic carbocycles. The molecule has 0 spiro atoms. The minimum Gasteiger partial charge on any atom is -0.331 e. The van der Waals surface area contributed by atoms with E-state index in [0.717, 1.165) is 5.52 Å². The van der Waals surface area contributed by atoms with Crippen LogP contribution in [-0.4, -0.2) is 34.2 Å². The van der Waals surface area contributed by atoms with E-state index in [9.17, 15) is 8.42 Å². The van der Waals surface area contributed by atoms with Gasteiger partial charge in [0.1, 0.15) is 5.52 Å². The summed E-state index contributed by atoms with van der Waals surface area (Å²) in [6.45, 7) is 0. The SMILES string of the molecule is Cn1cnc2nc(-c3cccc(S(C)(=O)=O)c3)ncc21. The van der Waals surface area contributed by atoms with Gasteiger partial charge in [-0.05, 0) is 12.1 Å². The third kappa shape index (κ3) is 2.16. The molecule has 3 rings (SSSR count). The summed E-state index contributed by atoms with van der Waals surface area (Å²) in [5.74, 6) is 0.460. The highest BCUT2D eigenvalue weighted by Crippen LogP contribution is 2.20. The normalized spacial score (nSPS) is 11.9. The van der Waals surface area contributed by atoms with Gasteiger partial charge in [-0.2, -0.15) is 0 Å². The number of rotatable bonds is 2. The molecule has 0 N–H and O–H groups in total. The Balaban J connectivity index is 2.15. The van der Waals surface area contributed by atoms with Gasteiger partial charge >= 0.3 is 0 Å². The fourth-order valence-corrected chi connectivity index (χ4v) is 2.59. The summed E-state index contributed by atoms with van der Waals surface area (Å²) < 4.78 is 25.0. The molecule has 6 nitrogen and oxygen atoms in total. The molecule has 2 heterocycles. The molecule has 0 atom stereocenters. The van der Waals surface area contributed by atoms with Gasteiger partial charge in [-0.1, -0.05) is 12.1 Å². The van der Waals surface area contributed by atoms with E-state index < -0.39 is 9.84 Å². The lowest BCUT2D eigenvalue weighted by Gasteiger charge is -2.03. The number of hydrogen-bond donors (Lipinski definition) is 0. The first-order valence-corrected chi connectivity index (χ1v) is 7.79. The van der Waals surface area contributed by atoms with Crippen molar-refractivity contribution in [3.63, 3.8) is 0 Å². The average molecular weight is 288 g/mol. The summed E-state index contributed by atoms with van der Waals surface area (Å²) in [4.78, 5) is 13.0. The van der Waals surface area contributed by atoms with Crippen molar-refractivity contribution in [1.29, 1.82) is 0 Å². The van der Waals surface area contributed by atoms with E-state index in [1.807, 2.05) is 11.6 Å². The topological polar surface area (TPSA) is 77.7 Å². The number of sulfone groups is 1. The van der Waals surface area contributed by atoms with E-state index >= 15 is 0 Å². The summed E-state index contributed by atoms with van der Waals surface area (Å²) in [5, 5.41) is 0. The second kappa shape index (κ2) is 4.38. The van der Waals surface area contributed by atoms with Gasteiger partial charge < -0.3 is 4.57 Å². The molecule has 0 saturated heterocycles. The van der Waals surface area contributed by atoms with Crippen LogP contribution in [0.25, 0.3) is 22.6 Å². The average Bonchev–Trinajstić information content (AvgIpc) is 2.79. The first-order valence-electron chi connectivity index (χ1n) is 5.90. The molecule has 1 aromatic carbocycles. The Morgan fingerprint density at radius 3 is 2.75 bits per heavy atom. The van der Waals surface area contributed by atoms with E-state index in [-0.39, 0.29) is 4.90 Å². The third-order valence-electron chi connectivity index (χ3n) is 3.00. The largest absolute Gasteiger partial charge is 0.331 e. The van der Waals surface area contributed by atoms with Gasteiger partial charge in [0.25, 0.3) is 0 Å². The predicted molar refractivity (Wildman–Crippen MR) is 74.8 cm³/mol. The minimum atomic E-state index is -3.25. The van der Waals surface area contributed by atoms with Crippen molar-refractivity contribution in [2.45, 2.75) is 4.90 Å². The highest BCUT2D eigenvalue weighted by atomic mass is 32.2. The summed E-state index contributed by atoms with van der Waals surface area (Å²) >= 11 is 0. The Morgan fingerprint density at radius 1 is 1.20 bits per heavy atom. The molecule has 0 radical (unpaired) electrons. The Labute approximate surface area is 116 Å². The molecular formula is C13H12N4O2S. The summed E-state index contributed by atoms with van der Waals surface area (Å²) in [5.41, 5.74) is 2.07. The standard InChI is InChI=1S/C13H12N4O2S/c1-17-8-15-13-11(17)7-14-12(16-13)9-4-3-5-10(6-9)20(2,18)19/h3-8H,1-2H3. The molecule has 3 aromatic rings. The number of nitrogens with zero attached hydrogens (tertiary/aromatic N) is 4. The van der Waals surface area contributed by atoms with Crippen LogP contribution in [0, 0.1) is 0 Å². The maximum atomic E-state index is 11.6. The van der Waals surface area contributed by atoms with E-state index in [4.69, 9.17) is 0 Å². The fourth-order valence-electron chi connectivity index (χ4n) is 1.92. The zero-order valence-electron chi connectivity index (χ0n) is 11.0. The zero-order chi connectivity index (χ0) is 14.3. The van der Waals surface area contributed by atoms with Crippen molar-refractivity contribution in [2.24, 2.45) is 7.05 Å². The highest BCUT2D eigenvalue weighted by Gasteiger charge is 2.11. The van der Waals surface area contributed by atoms with Gasteiger partial charge in [-0.3, -0.25) is 0 Å². The van der Waals surface area contributed by atoms with Crippen molar-refractivity contribution >= 4 is 21.0 Å². The summed E-state index contributed by atoms with van der Waals surface area (Å²) in [7, 11) is -1.38. The first kappa shape index (κ1) is 12.7. The second-order valence-corrected chi connectivity index (χ2v) is 6.57. The van der Waals surface area contributed by atoms with E-state index in [2.05, 4.69) is 15.0 Å². The lowest BCUT2D eigenvalue weighted by atomic mass is 10.2. The highest BCUT2D eigenvalue weighted by molar-refractivity contribution is 7.90. The number of hydrogen-bond acceptors (Lipinski definition) is 5. The zero-order valence-corrected chi connectivity index (χ0v) is 11.8. The van der Waals surface area contributed by atoms with Crippen LogP contribution in [0.2, 0.25) is 0 Å². The molecule has 2 aromatic heterocycles. The van der Waals surface area contributed by atoms with Gasteiger partial charge in [0.05, 0.1) is 17.4 Å². The van der Waals surface area contributed by atoms with Crippen LogP contribution >= 0.6 is 0 Å². The first-order chi connectivity index (χ1) is 9.45. The second-order valence-electron chi connectivity index (χ2n) is 4.56. The number of aryl methyl sites for hydroxylation is 1.